The number of carbonyl (C=O) groups excluding carboxylic acids is 3. The molecule has 1 atom stereocenters. The van der Waals surface area contributed by atoms with E-state index in [0.29, 0.717) is 11.3 Å². The van der Waals surface area contributed by atoms with Crippen LogP contribution in [0.1, 0.15) is 31.2 Å². The van der Waals surface area contributed by atoms with E-state index in [9.17, 15) is 24.5 Å². The maximum Gasteiger partial charge on any atom is 0.433 e. The molecule has 0 aliphatic carbocycles. The number of amides is 3. The molecule has 0 fully saturated rings. The maximum absolute atomic E-state index is 12.5. The molecule has 1 aromatic carbocycles. The standard InChI is InChI=1S/C22H23N5O9/c1-4-34-21(29)19-12(2)24-22(30)25-20(19)13-5-7-15(16(9-13)33-3)35-11-17(28)26-23-10-14-6-8-18(36-14)27(31)32/h5-10,20H,4,11H2,1-3H3,(H,26,28)(H2,24,25,30)/b23-10-/t20-/m1/s1. The first-order valence-electron chi connectivity index (χ1n) is 10.6. The molecule has 14 nitrogen and oxygen atoms in total. The Labute approximate surface area is 204 Å². The molecule has 3 rings (SSSR count). The third-order valence-electron chi connectivity index (χ3n) is 4.82. The number of hydrogen-bond acceptors (Lipinski definition) is 10. The summed E-state index contributed by atoms with van der Waals surface area (Å²) >= 11 is 0. The first-order valence-corrected chi connectivity index (χ1v) is 10.6. The molecule has 0 spiro atoms. The second-order valence-electron chi connectivity index (χ2n) is 7.22. The van der Waals surface area contributed by atoms with Gasteiger partial charge in [0.2, 0.25) is 0 Å². The van der Waals surface area contributed by atoms with E-state index in [1.165, 1.54) is 19.2 Å². The zero-order valence-electron chi connectivity index (χ0n) is 19.5. The predicted octanol–water partition coefficient (Wildman–Crippen LogP) is 1.92. The van der Waals surface area contributed by atoms with Gasteiger partial charge in [0.15, 0.2) is 23.9 Å². The molecule has 1 aliphatic heterocycles. The van der Waals surface area contributed by atoms with Crippen molar-refractivity contribution in [2.24, 2.45) is 5.10 Å². The van der Waals surface area contributed by atoms with Crippen molar-refractivity contribution in [2.45, 2.75) is 19.9 Å². The molecule has 0 bridgehead atoms. The van der Waals surface area contributed by atoms with Gasteiger partial charge in [-0.2, -0.15) is 5.10 Å². The van der Waals surface area contributed by atoms with Crippen LogP contribution in [0.2, 0.25) is 0 Å². The van der Waals surface area contributed by atoms with Gasteiger partial charge in [0.1, 0.15) is 4.92 Å². The summed E-state index contributed by atoms with van der Waals surface area (Å²) in [6.07, 6.45) is 1.10. The van der Waals surface area contributed by atoms with Crippen LogP contribution in [-0.4, -0.2) is 49.4 Å². The summed E-state index contributed by atoms with van der Waals surface area (Å²) in [5, 5.41) is 19.5. The number of nitrogens with zero attached hydrogens (tertiary/aromatic N) is 2. The Morgan fingerprint density at radius 1 is 1.28 bits per heavy atom. The van der Waals surface area contributed by atoms with Crippen LogP contribution < -0.4 is 25.5 Å². The number of carbonyl (C=O) groups is 3. The number of hydrogen-bond donors (Lipinski definition) is 3. The minimum Gasteiger partial charge on any atom is -0.493 e. The molecular formula is C22H23N5O9. The molecule has 190 valence electrons. The normalized spacial score (nSPS) is 15.2. The van der Waals surface area contributed by atoms with Crippen LogP contribution >= 0.6 is 0 Å². The number of hydrazone groups is 1. The Morgan fingerprint density at radius 2 is 2.06 bits per heavy atom. The van der Waals surface area contributed by atoms with Crippen molar-refractivity contribution in [3.05, 3.63) is 63.0 Å². The molecule has 1 aromatic heterocycles. The average molecular weight is 501 g/mol. The zero-order chi connectivity index (χ0) is 26.2. The molecule has 3 N–H and O–H groups in total. The second kappa shape index (κ2) is 11.5. The van der Waals surface area contributed by atoms with Gasteiger partial charge in [-0.1, -0.05) is 6.07 Å². The molecule has 2 heterocycles. The average Bonchev–Trinajstić information content (AvgIpc) is 3.31. The fourth-order valence-electron chi connectivity index (χ4n) is 3.26. The lowest BCUT2D eigenvalue weighted by molar-refractivity contribution is -0.402. The summed E-state index contributed by atoms with van der Waals surface area (Å²) in [6, 6.07) is 5.91. The second-order valence-corrected chi connectivity index (χ2v) is 7.22. The summed E-state index contributed by atoms with van der Waals surface area (Å²) in [7, 11) is 1.40. The lowest BCUT2D eigenvalue weighted by Crippen LogP contribution is -2.45. The Bertz CT molecular complexity index is 1230. The zero-order valence-corrected chi connectivity index (χ0v) is 19.5. The third kappa shape index (κ3) is 6.16. The molecule has 0 saturated heterocycles. The minimum atomic E-state index is -0.796. The van der Waals surface area contributed by atoms with Crippen LogP contribution in [0.15, 0.2) is 51.1 Å². The van der Waals surface area contributed by atoms with Gasteiger partial charge in [-0.15, -0.1) is 0 Å². The highest BCUT2D eigenvalue weighted by atomic mass is 16.6. The minimum absolute atomic E-state index is 0.0802. The van der Waals surface area contributed by atoms with Gasteiger partial charge in [-0.3, -0.25) is 14.9 Å². The first kappa shape index (κ1) is 25.7. The van der Waals surface area contributed by atoms with Crippen LogP contribution in [0.5, 0.6) is 11.5 Å². The lowest BCUT2D eigenvalue weighted by atomic mass is 9.95. The van der Waals surface area contributed by atoms with E-state index in [1.54, 1.807) is 26.0 Å². The van der Waals surface area contributed by atoms with Gasteiger partial charge in [0, 0.05) is 5.70 Å². The number of nitro groups is 1. The van der Waals surface area contributed by atoms with Crippen molar-refractivity contribution in [2.75, 3.05) is 20.3 Å². The predicted molar refractivity (Wildman–Crippen MR) is 123 cm³/mol. The summed E-state index contributed by atoms with van der Waals surface area (Å²) in [4.78, 5) is 46.5. The number of esters is 1. The van der Waals surface area contributed by atoms with Crippen LogP contribution in [0.25, 0.3) is 0 Å². The molecule has 0 saturated carbocycles. The Hall–Kier alpha value is -4.88. The number of benzene rings is 1. The third-order valence-corrected chi connectivity index (χ3v) is 4.82. The highest BCUT2D eigenvalue weighted by Gasteiger charge is 2.32. The topological polar surface area (TPSA) is 184 Å². The number of ether oxygens (including phenoxy) is 3. The van der Waals surface area contributed by atoms with Crippen molar-refractivity contribution in [1.29, 1.82) is 0 Å². The van der Waals surface area contributed by atoms with E-state index >= 15 is 0 Å². The van der Waals surface area contributed by atoms with E-state index < -0.39 is 41.4 Å². The Balaban J connectivity index is 1.67. The molecule has 14 heteroatoms. The van der Waals surface area contributed by atoms with Crippen LogP contribution in [0, 0.1) is 10.1 Å². The van der Waals surface area contributed by atoms with Gasteiger partial charge < -0.3 is 29.3 Å². The SMILES string of the molecule is CCOC(=O)C1=C(C)NC(=O)N[C@@H]1c1ccc(OCC(=O)N/N=C\c2ccc([N+](=O)[O-])o2)c(OC)c1. The summed E-state index contributed by atoms with van der Waals surface area (Å²) in [5.74, 6) is -1.09. The Kier molecular flexibility index (Phi) is 8.22. The molecule has 2 aromatic rings. The highest BCUT2D eigenvalue weighted by Crippen LogP contribution is 2.34. The van der Waals surface area contributed by atoms with Crippen LogP contribution in [-0.2, 0) is 14.3 Å². The van der Waals surface area contributed by atoms with Crippen molar-refractivity contribution >= 4 is 30.0 Å². The van der Waals surface area contributed by atoms with E-state index in [2.05, 4.69) is 21.2 Å². The van der Waals surface area contributed by atoms with Gasteiger partial charge in [0.25, 0.3) is 5.91 Å². The summed E-state index contributed by atoms with van der Waals surface area (Å²) < 4.78 is 20.9. The number of rotatable bonds is 10. The smallest absolute Gasteiger partial charge is 0.433 e. The molecule has 0 radical (unpaired) electrons. The van der Waals surface area contributed by atoms with Crippen LogP contribution in [0.3, 0.4) is 0 Å². The Morgan fingerprint density at radius 3 is 2.72 bits per heavy atom. The first-order chi connectivity index (χ1) is 17.2. The highest BCUT2D eigenvalue weighted by molar-refractivity contribution is 5.95. The van der Waals surface area contributed by atoms with Gasteiger partial charge >= 0.3 is 17.9 Å². The number of nitrogens with one attached hydrogen (secondary N) is 3. The number of allylic oxidation sites excluding steroid dienone is 1. The van der Waals surface area contributed by atoms with Crippen molar-refractivity contribution in [3.8, 4) is 11.5 Å². The molecule has 3 amide bonds. The quantitative estimate of drug-likeness (QED) is 0.189. The molecule has 1 aliphatic rings. The molecule has 36 heavy (non-hydrogen) atoms. The number of urea groups is 1. The van der Waals surface area contributed by atoms with Crippen molar-refractivity contribution < 1.29 is 37.9 Å². The van der Waals surface area contributed by atoms with Gasteiger partial charge in [0.05, 0.1) is 37.6 Å². The molecular weight excluding hydrogens is 478 g/mol. The van der Waals surface area contributed by atoms with Crippen molar-refractivity contribution in [1.82, 2.24) is 16.1 Å². The van der Waals surface area contributed by atoms with E-state index in [1.807, 2.05) is 0 Å². The monoisotopic (exact) mass is 501 g/mol. The van der Waals surface area contributed by atoms with Crippen molar-refractivity contribution in [3.63, 3.8) is 0 Å². The van der Waals surface area contributed by atoms with Gasteiger partial charge in [-0.25, -0.2) is 15.0 Å². The number of furan rings is 1. The van der Waals surface area contributed by atoms with E-state index in [-0.39, 0.29) is 29.4 Å². The van der Waals surface area contributed by atoms with E-state index in [4.69, 9.17) is 18.6 Å². The van der Waals surface area contributed by atoms with Gasteiger partial charge in [-0.05, 0) is 37.6 Å². The lowest BCUT2D eigenvalue weighted by Gasteiger charge is -2.28. The summed E-state index contributed by atoms with van der Waals surface area (Å²) in [5.41, 5.74) is 3.33. The number of methoxy groups -OCH3 is 1. The summed E-state index contributed by atoms with van der Waals surface area (Å²) in [6.45, 7) is 3.01. The van der Waals surface area contributed by atoms with E-state index in [0.717, 1.165) is 12.3 Å². The fourth-order valence-corrected chi connectivity index (χ4v) is 3.26. The largest absolute Gasteiger partial charge is 0.493 e. The molecule has 0 unspecified atom stereocenters. The van der Waals surface area contributed by atoms with Crippen LogP contribution in [0.4, 0.5) is 10.7 Å². The maximum atomic E-state index is 12.5. The fraction of sp³-hybridized carbons (Fsp3) is 0.273.